The second-order valence-corrected chi connectivity index (χ2v) is 15.0. The predicted molar refractivity (Wildman–Crippen MR) is 266 cm³/mol. The average Bonchev–Trinajstić information content (AvgIpc) is 3.35. The lowest BCUT2D eigenvalue weighted by Gasteiger charge is -2.08. The monoisotopic (exact) mass is 950 g/mol. The van der Waals surface area contributed by atoms with E-state index in [1.165, 1.54) is 72.8 Å². The summed E-state index contributed by atoms with van der Waals surface area (Å²) in [7, 11) is 0. The Bertz CT molecular complexity index is 2820. The molecule has 7 rings (SSSR count). The number of halogens is 3. The molecule has 0 unspecified atom stereocenters. The summed E-state index contributed by atoms with van der Waals surface area (Å²) < 4.78 is 43.3. The third-order valence-electron chi connectivity index (χ3n) is 9.55. The van der Waals surface area contributed by atoms with Crippen molar-refractivity contribution >= 4 is 69.8 Å². The lowest BCUT2D eigenvalue weighted by atomic mass is 10.0. The highest BCUT2D eigenvalue weighted by molar-refractivity contribution is 6.09. The molecule has 0 bridgehead atoms. The van der Waals surface area contributed by atoms with Crippen molar-refractivity contribution in [1.29, 1.82) is 0 Å². The SMILES string of the molecule is CCCC(=O)c1ccc(NC(=O)Nc2ccc(F)cc2)cc1.CCOC(=O)Cc1ccc(NC(=O)Nc2ccc(F)cc2)cc1.O=C(Nc1ccc(F)cc1)Nc1ccc(C(=O)c2ccccc2)cc1. The van der Waals surface area contributed by atoms with Crippen LogP contribution in [-0.4, -0.2) is 42.2 Å². The second kappa shape index (κ2) is 26.9. The summed E-state index contributed by atoms with van der Waals surface area (Å²) in [5.41, 5.74) is 5.74. The highest BCUT2D eigenvalue weighted by atomic mass is 19.1. The van der Waals surface area contributed by atoms with Crippen LogP contribution in [0.4, 0.5) is 61.7 Å². The Morgan fingerprint density at radius 2 is 0.714 bits per heavy atom. The van der Waals surface area contributed by atoms with E-state index >= 15 is 0 Å². The van der Waals surface area contributed by atoms with Gasteiger partial charge in [-0.15, -0.1) is 0 Å². The largest absolute Gasteiger partial charge is 0.466 e. The Labute approximate surface area is 402 Å². The van der Waals surface area contributed by atoms with Gasteiger partial charge in [0, 0.05) is 57.2 Å². The first-order chi connectivity index (χ1) is 33.8. The molecule has 16 heteroatoms. The molecule has 0 aromatic heterocycles. The number of anilines is 6. The minimum atomic E-state index is -0.450. The molecular formula is C54H49F3N6O7. The van der Waals surface area contributed by atoms with E-state index in [2.05, 4.69) is 31.9 Å². The van der Waals surface area contributed by atoms with Crippen LogP contribution >= 0.6 is 0 Å². The zero-order valence-electron chi connectivity index (χ0n) is 38.1. The van der Waals surface area contributed by atoms with Gasteiger partial charge in [0.1, 0.15) is 17.5 Å². The first-order valence-corrected chi connectivity index (χ1v) is 21.8. The molecule has 0 heterocycles. The Morgan fingerprint density at radius 1 is 0.400 bits per heavy atom. The third kappa shape index (κ3) is 18.0. The maximum atomic E-state index is 12.8. The highest BCUT2D eigenvalue weighted by Gasteiger charge is 2.11. The molecular weight excluding hydrogens is 902 g/mol. The second-order valence-electron chi connectivity index (χ2n) is 15.0. The van der Waals surface area contributed by atoms with E-state index in [4.69, 9.17) is 4.74 Å². The molecule has 0 aliphatic heterocycles. The minimum Gasteiger partial charge on any atom is -0.466 e. The molecule has 7 aromatic rings. The Kier molecular flexibility index (Phi) is 20.0. The molecule has 358 valence electrons. The third-order valence-corrected chi connectivity index (χ3v) is 9.55. The van der Waals surface area contributed by atoms with Crippen LogP contribution in [0.15, 0.2) is 176 Å². The zero-order valence-corrected chi connectivity index (χ0v) is 38.1. The number of urea groups is 3. The van der Waals surface area contributed by atoms with E-state index < -0.39 is 18.1 Å². The van der Waals surface area contributed by atoms with E-state index in [-0.39, 0.29) is 41.4 Å². The van der Waals surface area contributed by atoms with Crippen molar-refractivity contribution in [2.75, 3.05) is 38.5 Å². The van der Waals surface area contributed by atoms with Crippen LogP contribution in [0.1, 0.15) is 58.5 Å². The van der Waals surface area contributed by atoms with Crippen LogP contribution in [-0.2, 0) is 16.0 Å². The maximum absolute atomic E-state index is 12.8. The number of hydrogen-bond acceptors (Lipinski definition) is 7. The van der Waals surface area contributed by atoms with Crippen molar-refractivity contribution in [2.24, 2.45) is 0 Å². The number of carbonyl (C=O) groups excluding carboxylic acids is 6. The molecule has 0 spiro atoms. The quantitative estimate of drug-likeness (QED) is 0.0463. The molecule has 13 nitrogen and oxygen atoms in total. The number of Topliss-reactive ketones (excluding diaryl/α,β-unsaturated/α-hetero) is 1. The van der Waals surface area contributed by atoms with Gasteiger partial charge in [0.15, 0.2) is 11.6 Å². The van der Waals surface area contributed by atoms with Crippen molar-refractivity contribution in [3.63, 3.8) is 0 Å². The smallest absolute Gasteiger partial charge is 0.323 e. The van der Waals surface area contributed by atoms with Gasteiger partial charge in [-0.2, -0.15) is 0 Å². The Hall–Kier alpha value is -9.05. The summed E-state index contributed by atoms with van der Waals surface area (Å²) >= 11 is 0. The van der Waals surface area contributed by atoms with Crippen LogP contribution in [0.5, 0.6) is 0 Å². The molecule has 6 amide bonds. The first-order valence-electron chi connectivity index (χ1n) is 21.8. The molecule has 6 N–H and O–H groups in total. The fourth-order valence-corrected chi connectivity index (χ4v) is 6.14. The number of esters is 1. The summed E-state index contributed by atoms with van der Waals surface area (Å²) in [6.45, 7) is 4.06. The van der Waals surface area contributed by atoms with E-state index in [0.29, 0.717) is 63.8 Å². The lowest BCUT2D eigenvalue weighted by Crippen LogP contribution is -2.19. The van der Waals surface area contributed by atoms with Gasteiger partial charge in [0.2, 0.25) is 0 Å². The average molecular weight is 951 g/mol. The van der Waals surface area contributed by atoms with Gasteiger partial charge < -0.3 is 36.6 Å². The van der Waals surface area contributed by atoms with Crippen LogP contribution in [0.25, 0.3) is 0 Å². The first kappa shape index (κ1) is 51.9. The molecule has 0 saturated carbocycles. The van der Waals surface area contributed by atoms with Gasteiger partial charge in [-0.25, -0.2) is 27.6 Å². The summed E-state index contributed by atoms with van der Waals surface area (Å²) in [4.78, 5) is 71.0. The lowest BCUT2D eigenvalue weighted by molar-refractivity contribution is -0.142. The van der Waals surface area contributed by atoms with Crippen molar-refractivity contribution in [2.45, 2.75) is 33.1 Å². The number of nitrogens with one attached hydrogen (secondary N) is 6. The van der Waals surface area contributed by atoms with Gasteiger partial charge in [0.25, 0.3) is 0 Å². The number of amides is 6. The van der Waals surface area contributed by atoms with Crippen molar-refractivity contribution in [3.8, 4) is 0 Å². The topological polar surface area (TPSA) is 184 Å². The van der Waals surface area contributed by atoms with Gasteiger partial charge in [-0.05, 0) is 152 Å². The normalized spacial score (nSPS) is 10.1. The number of ether oxygens (including phenoxy) is 1. The van der Waals surface area contributed by atoms with E-state index in [1.807, 2.05) is 25.1 Å². The molecule has 70 heavy (non-hydrogen) atoms. The van der Waals surface area contributed by atoms with Crippen molar-refractivity contribution < 1.29 is 46.7 Å². The fourth-order valence-electron chi connectivity index (χ4n) is 6.14. The van der Waals surface area contributed by atoms with Crippen molar-refractivity contribution in [1.82, 2.24) is 0 Å². The molecule has 0 fully saturated rings. The number of ketones is 2. The molecule has 0 radical (unpaired) electrons. The molecule has 7 aromatic carbocycles. The Balaban J connectivity index is 0.000000196. The zero-order chi connectivity index (χ0) is 50.3. The Morgan fingerprint density at radius 3 is 1.06 bits per heavy atom. The summed E-state index contributed by atoms with van der Waals surface area (Å²) in [6.07, 6.45) is 1.51. The van der Waals surface area contributed by atoms with Crippen LogP contribution in [0.3, 0.4) is 0 Å². The summed E-state index contributed by atoms with van der Waals surface area (Å²) in [6, 6.07) is 44.3. The number of hydrogen-bond donors (Lipinski definition) is 6. The summed E-state index contributed by atoms with van der Waals surface area (Å²) in [5.74, 6) is -1.38. The predicted octanol–water partition coefficient (Wildman–Crippen LogP) is 12.7. The number of benzene rings is 7. The number of rotatable bonds is 14. The van der Waals surface area contributed by atoms with Crippen molar-refractivity contribution in [3.05, 3.63) is 216 Å². The highest BCUT2D eigenvalue weighted by Crippen LogP contribution is 2.17. The van der Waals surface area contributed by atoms with E-state index in [0.717, 1.165) is 12.0 Å². The number of carbonyl (C=O) groups is 6. The van der Waals surface area contributed by atoms with Crippen LogP contribution in [0, 0.1) is 17.5 Å². The van der Waals surface area contributed by atoms with Gasteiger partial charge >= 0.3 is 24.1 Å². The maximum Gasteiger partial charge on any atom is 0.323 e. The summed E-state index contributed by atoms with van der Waals surface area (Å²) in [5, 5.41) is 15.7. The van der Waals surface area contributed by atoms with Crippen LogP contribution in [0.2, 0.25) is 0 Å². The van der Waals surface area contributed by atoms with E-state index in [9.17, 15) is 41.9 Å². The molecule has 0 atom stereocenters. The molecule has 0 aliphatic carbocycles. The standard InChI is InChI=1S/C20H15FN2O2.C17H17FN2O3.C17H17FN2O2/c21-16-8-12-18(13-9-16)23-20(25)22-17-10-6-15(7-11-17)19(24)14-4-2-1-3-5-14;1-2-23-16(21)11-12-3-7-14(8-4-12)19-17(22)20-15-9-5-13(18)6-10-15;1-2-3-16(21)12-4-8-14(9-5-12)19-17(22)20-15-10-6-13(18)7-11-15/h1-13H,(H2,22,23,25);3-10H,2,11H2,1H3,(H2,19,20,22);4-11H,2-3H2,1H3,(H2,19,20,22). The molecule has 0 aliphatic rings. The van der Waals surface area contributed by atoms with Gasteiger partial charge in [-0.1, -0.05) is 49.4 Å². The minimum absolute atomic E-state index is 0.0806. The van der Waals surface area contributed by atoms with Gasteiger partial charge in [-0.3, -0.25) is 14.4 Å². The van der Waals surface area contributed by atoms with Crippen LogP contribution < -0.4 is 31.9 Å². The van der Waals surface area contributed by atoms with E-state index in [1.54, 1.807) is 91.9 Å². The van der Waals surface area contributed by atoms with Gasteiger partial charge in [0.05, 0.1) is 13.0 Å². The molecule has 0 saturated heterocycles. The fraction of sp³-hybridized carbons (Fsp3) is 0.111.